The molecular weight excluding hydrogens is 360 g/mol. The fourth-order valence-corrected chi connectivity index (χ4v) is 4.56. The highest BCUT2D eigenvalue weighted by Crippen LogP contribution is 2.28. The van der Waals surface area contributed by atoms with Crippen LogP contribution in [0.15, 0.2) is 65.7 Å². The van der Waals surface area contributed by atoms with Crippen molar-refractivity contribution in [1.82, 2.24) is 4.98 Å². The average molecular weight is 382 g/mol. The first kappa shape index (κ1) is 18.9. The molecule has 0 bridgehead atoms. The van der Waals surface area contributed by atoms with Crippen molar-refractivity contribution in [2.45, 2.75) is 32.3 Å². The second-order valence-corrected chi connectivity index (χ2v) is 8.08. The van der Waals surface area contributed by atoms with Gasteiger partial charge in [-0.25, -0.2) is 13.4 Å². The van der Waals surface area contributed by atoms with Crippen molar-refractivity contribution in [1.29, 1.82) is 0 Å². The summed E-state index contributed by atoms with van der Waals surface area (Å²) >= 11 is 0. The summed E-state index contributed by atoms with van der Waals surface area (Å²) in [5.41, 5.74) is 3.40. The molecule has 1 N–H and O–H groups in total. The number of hydrogen-bond donors (Lipinski definition) is 1. The minimum Gasteiger partial charge on any atom is -0.485 e. The van der Waals surface area contributed by atoms with E-state index in [0.29, 0.717) is 23.5 Å². The van der Waals surface area contributed by atoms with Crippen molar-refractivity contribution in [2.75, 3.05) is 4.72 Å². The van der Waals surface area contributed by atoms with Gasteiger partial charge in [0.2, 0.25) is 0 Å². The molecule has 0 aliphatic rings. The third-order valence-electron chi connectivity index (χ3n) is 4.11. The number of aromatic nitrogens is 1. The Morgan fingerprint density at radius 3 is 2.30 bits per heavy atom. The third-order valence-corrected chi connectivity index (χ3v) is 5.76. The van der Waals surface area contributed by atoms with Crippen LogP contribution >= 0.6 is 0 Å². The molecule has 0 atom stereocenters. The zero-order chi connectivity index (χ0) is 19.4. The quantitative estimate of drug-likeness (QED) is 0.687. The van der Waals surface area contributed by atoms with Crippen LogP contribution in [0, 0.1) is 20.8 Å². The highest BCUT2D eigenvalue weighted by Gasteiger charge is 2.22. The van der Waals surface area contributed by atoms with Gasteiger partial charge in [0.05, 0.1) is 4.90 Å². The molecular formula is C21H22N2O3S. The molecule has 5 nitrogen and oxygen atoms in total. The lowest BCUT2D eigenvalue weighted by Gasteiger charge is -2.15. The minimum absolute atomic E-state index is 0.174. The maximum atomic E-state index is 13.0. The van der Waals surface area contributed by atoms with Crippen LogP contribution in [-0.4, -0.2) is 13.4 Å². The zero-order valence-corrected chi connectivity index (χ0v) is 16.4. The van der Waals surface area contributed by atoms with Crippen molar-refractivity contribution >= 4 is 15.8 Å². The summed E-state index contributed by atoms with van der Waals surface area (Å²) < 4.78 is 34.3. The second-order valence-electron chi connectivity index (χ2n) is 6.46. The van der Waals surface area contributed by atoms with E-state index in [1.165, 1.54) is 6.20 Å². The van der Waals surface area contributed by atoms with Gasteiger partial charge >= 0.3 is 0 Å². The molecule has 0 saturated heterocycles. The van der Waals surface area contributed by atoms with Crippen LogP contribution in [0.5, 0.6) is 5.75 Å². The van der Waals surface area contributed by atoms with E-state index in [2.05, 4.69) is 9.71 Å². The average Bonchev–Trinajstić information content (AvgIpc) is 2.60. The molecule has 0 aliphatic carbocycles. The van der Waals surface area contributed by atoms with Crippen molar-refractivity contribution in [3.8, 4) is 5.75 Å². The molecule has 1 aromatic heterocycles. The standard InChI is InChI=1S/C21H22N2O3S/c1-15-12-16(2)20(17(3)13-15)27(24,25)23-21-19(10-7-11-22-21)26-14-18-8-5-4-6-9-18/h4-13H,14H2,1-3H3,(H,22,23). The number of anilines is 1. The van der Waals surface area contributed by atoms with Crippen molar-refractivity contribution in [3.05, 3.63) is 83.0 Å². The molecule has 2 aromatic carbocycles. The smallest absolute Gasteiger partial charge is 0.263 e. The number of aryl methyl sites for hydroxylation is 3. The summed E-state index contributed by atoms with van der Waals surface area (Å²) in [5, 5.41) is 0. The van der Waals surface area contributed by atoms with Gasteiger partial charge in [-0.15, -0.1) is 0 Å². The first-order valence-corrected chi connectivity index (χ1v) is 10.1. The van der Waals surface area contributed by atoms with Crippen LogP contribution in [0.25, 0.3) is 0 Å². The lowest BCUT2D eigenvalue weighted by atomic mass is 10.1. The predicted octanol–water partition coefficient (Wildman–Crippen LogP) is 4.39. The molecule has 140 valence electrons. The summed E-state index contributed by atoms with van der Waals surface area (Å²) in [6.07, 6.45) is 1.53. The van der Waals surface area contributed by atoms with E-state index in [9.17, 15) is 8.42 Å². The van der Waals surface area contributed by atoms with Crippen LogP contribution in [0.2, 0.25) is 0 Å². The first-order valence-electron chi connectivity index (χ1n) is 8.59. The van der Waals surface area contributed by atoms with Crippen LogP contribution in [0.1, 0.15) is 22.3 Å². The highest BCUT2D eigenvalue weighted by atomic mass is 32.2. The van der Waals surface area contributed by atoms with Crippen molar-refractivity contribution in [2.24, 2.45) is 0 Å². The molecule has 0 saturated carbocycles. The number of rotatable bonds is 6. The molecule has 27 heavy (non-hydrogen) atoms. The van der Waals surface area contributed by atoms with Gasteiger partial charge in [0.15, 0.2) is 11.6 Å². The Kier molecular flexibility index (Phi) is 5.46. The van der Waals surface area contributed by atoms with Gasteiger partial charge in [-0.05, 0) is 49.6 Å². The van der Waals surface area contributed by atoms with Gasteiger partial charge in [-0.3, -0.25) is 4.72 Å². The van der Waals surface area contributed by atoms with Crippen LogP contribution < -0.4 is 9.46 Å². The lowest BCUT2D eigenvalue weighted by molar-refractivity contribution is 0.307. The van der Waals surface area contributed by atoms with E-state index in [-0.39, 0.29) is 10.7 Å². The fraction of sp³-hybridized carbons (Fsp3) is 0.190. The van der Waals surface area contributed by atoms with E-state index >= 15 is 0 Å². The molecule has 0 spiro atoms. The van der Waals surface area contributed by atoms with Gasteiger partial charge in [-0.1, -0.05) is 48.0 Å². The number of ether oxygens (including phenoxy) is 1. The van der Waals surface area contributed by atoms with Gasteiger partial charge in [-0.2, -0.15) is 0 Å². The number of benzene rings is 2. The predicted molar refractivity (Wildman–Crippen MR) is 106 cm³/mol. The summed E-state index contributed by atoms with van der Waals surface area (Å²) in [6, 6.07) is 16.8. The molecule has 3 rings (SSSR count). The number of nitrogens with one attached hydrogen (secondary N) is 1. The Morgan fingerprint density at radius 2 is 1.63 bits per heavy atom. The monoisotopic (exact) mass is 382 g/mol. The van der Waals surface area contributed by atoms with E-state index in [1.807, 2.05) is 49.4 Å². The van der Waals surface area contributed by atoms with Gasteiger partial charge in [0, 0.05) is 6.20 Å². The number of nitrogens with zero attached hydrogens (tertiary/aromatic N) is 1. The maximum absolute atomic E-state index is 13.0. The van der Waals surface area contributed by atoms with Crippen molar-refractivity contribution < 1.29 is 13.2 Å². The SMILES string of the molecule is Cc1cc(C)c(S(=O)(=O)Nc2ncccc2OCc2ccccc2)c(C)c1. The Labute approximate surface area is 160 Å². The molecule has 0 aliphatic heterocycles. The largest absolute Gasteiger partial charge is 0.485 e. The van der Waals surface area contributed by atoms with Crippen LogP contribution in [-0.2, 0) is 16.6 Å². The first-order chi connectivity index (χ1) is 12.9. The molecule has 6 heteroatoms. The molecule has 1 heterocycles. The summed E-state index contributed by atoms with van der Waals surface area (Å²) in [6.45, 7) is 5.85. The number of sulfonamides is 1. The van der Waals surface area contributed by atoms with E-state index < -0.39 is 10.0 Å². The van der Waals surface area contributed by atoms with E-state index in [4.69, 9.17) is 4.74 Å². The van der Waals surface area contributed by atoms with E-state index in [0.717, 1.165) is 11.1 Å². The van der Waals surface area contributed by atoms with Gasteiger partial charge in [0.1, 0.15) is 6.61 Å². The van der Waals surface area contributed by atoms with Crippen molar-refractivity contribution in [3.63, 3.8) is 0 Å². The summed E-state index contributed by atoms with van der Waals surface area (Å²) in [5.74, 6) is 0.556. The molecule has 0 unspecified atom stereocenters. The highest BCUT2D eigenvalue weighted by molar-refractivity contribution is 7.92. The third kappa shape index (κ3) is 4.46. The van der Waals surface area contributed by atoms with Crippen LogP contribution in [0.4, 0.5) is 5.82 Å². The second kappa shape index (κ2) is 7.80. The Hall–Kier alpha value is -2.86. The molecule has 0 amide bonds. The minimum atomic E-state index is -3.79. The Morgan fingerprint density at radius 1 is 0.963 bits per heavy atom. The maximum Gasteiger partial charge on any atom is 0.263 e. The zero-order valence-electron chi connectivity index (χ0n) is 15.6. The fourth-order valence-electron chi connectivity index (χ4n) is 3.09. The summed E-state index contributed by atoms with van der Waals surface area (Å²) in [7, 11) is -3.79. The lowest BCUT2D eigenvalue weighted by Crippen LogP contribution is -2.17. The normalized spacial score (nSPS) is 11.2. The van der Waals surface area contributed by atoms with Crippen LogP contribution in [0.3, 0.4) is 0 Å². The van der Waals surface area contributed by atoms with Gasteiger partial charge < -0.3 is 4.74 Å². The summed E-state index contributed by atoms with van der Waals surface area (Å²) in [4.78, 5) is 4.43. The van der Waals surface area contributed by atoms with E-state index in [1.54, 1.807) is 26.0 Å². The number of pyridine rings is 1. The topological polar surface area (TPSA) is 68.3 Å². The Balaban J connectivity index is 1.87. The number of hydrogen-bond acceptors (Lipinski definition) is 4. The molecule has 3 aromatic rings. The Bertz CT molecular complexity index is 1030. The van der Waals surface area contributed by atoms with Gasteiger partial charge in [0.25, 0.3) is 10.0 Å². The molecule has 0 radical (unpaired) electrons. The molecule has 0 fully saturated rings.